The summed E-state index contributed by atoms with van der Waals surface area (Å²) in [5.74, 6) is -0.101. The van der Waals surface area contributed by atoms with Gasteiger partial charge < -0.3 is 9.64 Å². The second-order valence-electron chi connectivity index (χ2n) is 7.60. The fourth-order valence-electron chi connectivity index (χ4n) is 4.23. The summed E-state index contributed by atoms with van der Waals surface area (Å²) in [5, 5.41) is 0. The Morgan fingerprint density at radius 1 is 1.07 bits per heavy atom. The van der Waals surface area contributed by atoms with Crippen LogP contribution in [0.2, 0.25) is 0 Å². The van der Waals surface area contributed by atoms with Crippen LogP contribution in [0.3, 0.4) is 0 Å². The number of carbonyl (C=O) groups excluding carboxylic acids is 2. The lowest BCUT2D eigenvalue weighted by atomic mass is 9.96. The summed E-state index contributed by atoms with van der Waals surface area (Å²) in [6, 6.07) is 15.8. The molecule has 0 radical (unpaired) electrons. The molecule has 0 bridgehead atoms. The number of nitrogens with zero attached hydrogens (tertiary/aromatic N) is 2. The molecule has 0 N–H and O–H groups in total. The molecule has 1 saturated heterocycles. The summed E-state index contributed by atoms with van der Waals surface area (Å²) >= 11 is 0. The molecule has 5 heteroatoms. The first-order chi connectivity index (χ1) is 14.6. The van der Waals surface area contributed by atoms with Crippen molar-refractivity contribution in [3.63, 3.8) is 0 Å². The molecular formula is C25H32N2O3. The lowest BCUT2D eigenvalue weighted by Crippen LogP contribution is -2.45. The van der Waals surface area contributed by atoms with E-state index < -0.39 is 0 Å². The molecule has 1 heterocycles. The van der Waals surface area contributed by atoms with Crippen molar-refractivity contribution in [2.75, 3.05) is 26.2 Å². The average molecular weight is 409 g/mol. The number of esters is 1. The Balaban J connectivity index is 1.93. The first-order valence-corrected chi connectivity index (χ1v) is 11.0. The summed E-state index contributed by atoms with van der Waals surface area (Å²) < 4.78 is 5.21. The largest absolute Gasteiger partial charge is 0.462 e. The Bertz CT molecular complexity index is 862. The molecule has 1 fully saturated rings. The Kier molecular flexibility index (Phi) is 7.63. The Morgan fingerprint density at radius 2 is 1.80 bits per heavy atom. The van der Waals surface area contributed by atoms with Crippen LogP contribution >= 0.6 is 0 Å². The molecule has 0 spiro atoms. The second-order valence-corrected chi connectivity index (χ2v) is 7.60. The summed E-state index contributed by atoms with van der Waals surface area (Å²) in [6.07, 6.45) is 1.89. The van der Waals surface area contributed by atoms with E-state index in [1.165, 1.54) is 0 Å². The molecule has 0 saturated carbocycles. The van der Waals surface area contributed by atoms with Gasteiger partial charge in [-0.25, -0.2) is 4.79 Å². The third kappa shape index (κ3) is 4.90. The molecule has 160 valence electrons. The van der Waals surface area contributed by atoms with Crippen molar-refractivity contribution < 1.29 is 14.3 Å². The van der Waals surface area contributed by atoms with Crippen LogP contribution in [-0.2, 0) is 16.1 Å². The summed E-state index contributed by atoms with van der Waals surface area (Å²) in [5.41, 5.74) is 3.79. The molecule has 1 atom stereocenters. The number of hydrogen-bond donors (Lipinski definition) is 0. The molecule has 2 aromatic carbocycles. The number of amides is 1. The predicted octanol–water partition coefficient (Wildman–Crippen LogP) is 4.36. The average Bonchev–Trinajstić information content (AvgIpc) is 3.23. The number of hydrogen-bond acceptors (Lipinski definition) is 4. The van der Waals surface area contributed by atoms with Gasteiger partial charge in [-0.3, -0.25) is 9.69 Å². The van der Waals surface area contributed by atoms with Crippen molar-refractivity contribution in [3.8, 4) is 11.1 Å². The maximum Gasteiger partial charge on any atom is 0.338 e. The van der Waals surface area contributed by atoms with Gasteiger partial charge in [0.05, 0.1) is 18.2 Å². The topological polar surface area (TPSA) is 49.9 Å². The smallest absolute Gasteiger partial charge is 0.338 e. The van der Waals surface area contributed by atoms with Crippen LogP contribution in [0, 0.1) is 0 Å². The number of benzene rings is 2. The third-order valence-corrected chi connectivity index (χ3v) is 5.80. The van der Waals surface area contributed by atoms with Crippen molar-refractivity contribution >= 4 is 11.9 Å². The lowest BCUT2D eigenvalue weighted by Gasteiger charge is -2.29. The van der Waals surface area contributed by atoms with Gasteiger partial charge in [0.15, 0.2) is 0 Å². The highest BCUT2D eigenvalue weighted by Crippen LogP contribution is 2.29. The van der Waals surface area contributed by atoms with E-state index in [0.29, 0.717) is 18.7 Å². The lowest BCUT2D eigenvalue weighted by molar-refractivity contribution is -0.135. The van der Waals surface area contributed by atoms with Gasteiger partial charge in [0, 0.05) is 19.6 Å². The molecule has 2 aromatic rings. The van der Waals surface area contributed by atoms with Crippen LogP contribution in [-0.4, -0.2) is 54.0 Å². The third-order valence-electron chi connectivity index (χ3n) is 5.80. The minimum Gasteiger partial charge on any atom is -0.462 e. The number of likely N-dealkylation sites (N-methyl/N-ethyl adjacent to an activating group) is 1. The maximum absolute atomic E-state index is 13.0. The molecule has 0 aromatic heterocycles. The van der Waals surface area contributed by atoms with Gasteiger partial charge >= 0.3 is 5.97 Å². The molecular weight excluding hydrogens is 376 g/mol. The van der Waals surface area contributed by atoms with Gasteiger partial charge in [0.1, 0.15) is 0 Å². The molecule has 0 aliphatic carbocycles. The van der Waals surface area contributed by atoms with Gasteiger partial charge in [-0.1, -0.05) is 36.4 Å². The number of carbonyl (C=O) groups is 2. The Hall–Kier alpha value is -2.66. The van der Waals surface area contributed by atoms with E-state index in [0.717, 1.165) is 49.2 Å². The number of ether oxygens (including phenoxy) is 1. The zero-order chi connectivity index (χ0) is 21.5. The van der Waals surface area contributed by atoms with Crippen molar-refractivity contribution in [1.82, 2.24) is 9.80 Å². The zero-order valence-electron chi connectivity index (χ0n) is 18.3. The molecule has 30 heavy (non-hydrogen) atoms. The standard InChI is InChI=1S/C25H32N2O3/c1-4-26(5-2)24(28)23-13-10-16-27(23)18-21-17-20(25(29)30-6-3)14-15-22(21)19-11-8-7-9-12-19/h7-9,11-12,14-15,17,23H,4-6,10,13,16,18H2,1-3H3. The van der Waals surface area contributed by atoms with E-state index in [2.05, 4.69) is 17.0 Å². The molecule has 1 unspecified atom stereocenters. The van der Waals surface area contributed by atoms with Crippen LogP contribution in [0.1, 0.15) is 49.5 Å². The van der Waals surface area contributed by atoms with Crippen LogP contribution in [0.5, 0.6) is 0 Å². The number of likely N-dealkylation sites (tertiary alicyclic amines) is 1. The van der Waals surface area contributed by atoms with E-state index >= 15 is 0 Å². The predicted molar refractivity (Wildman–Crippen MR) is 119 cm³/mol. The van der Waals surface area contributed by atoms with Crippen molar-refractivity contribution in [2.24, 2.45) is 0 Å². The fourth-order valence-corrected chi connectivity index (χ4v) is 4.23. The molecule has 5 nitrogen and oxygen atoms in total. The van der Waals surface area contributed by atoms with Crippen LogP contribution in [0.25, 0.3) is 11.1 Å². The maximum atomic E-state index is 13.0. The van der Waals surface area contributed by atoms with Crippen molar-refractivity contribution in [3.05, 3.63) is 59.7 Å². The van der Waals surface area contributed by atoms with Gasteiger partial charge in [-0.05, 0) is 69.0 Å². The van der Waals surface area contributed by atoms with E-state index in [9.17, 15) is 9.59 Å². The molecule has 3 rings (SSSR count). The van der Waals surface area contributed by atoms with Gasteiger partial charge in [0.2, 0.25) is 5.91 Å². The highest BCUT2D eigenvalue weighted by molar-refractivity contribution is 5.90. The second kappa shape index (κ2) is 10.4. The minimum absolute atomic E-state index is 0.0974. The monoisotopic (exact) mass is 408 g/mol. The SMILES string of the molecule is CCOC(=O)c1ccc(-c2ccccc2)c(CN2CCCC2C(=O)N(CC)CC)c1. The highest BCUT2D eigenvalue weighted by atomic mass is 16.5. The van der Waals surface area contributed by atoms with Crippen LogP contribution in [0.15, 0.2) is 48.5 Å². The molecule has 1 aliphatic heterocycles. The summed E-state index contributed by atoms with van der Waals surface area (Å²) in [7, 11) is 0. The molecule has 1 amide bonds. The number of rotatable bonds is 8. The van der Waals surface area contributed by atoms with E-state index in [-0.39, 0.29) is 17.9 Å². The minimum atomic E-state index is -0.310. The first kappa shape index (κ1) is 22.0. The Morgan fingerprint density at radius 3 is 2.47 bits per heavy atom. The zero-order valence-corrected chi connectivity index (χ0v) is 18.3. The quantitative estimate of drug-likeness (QED) is 0.609. The van der Waals surface area contributed by atoms with Gasteiger partial charge in [-0.15, -0.1) is 0 Å². The highest BCUT2D eigenvalue weighted by Gasteiger charge is 2.33. The summed E-state index contributed by atoms with van der Waals surface area (Å²) in [4.78, 5) is 29.5. The fraction of sp³-hybridized carbons (Fsp3) is 0.440. The van der Waals surface area contributed by atoms with Crippen LogP contribution in [0.4, 0.5) is 0 Å². The van der Waals surface area contributed by atoms with Crippen molar-refractivity contribution in [2.45, 2.75) is 46.2 Å². The van der Waals surface area contributed by atoms with E-state index in [1.807, 2.05) is 62.1 Å². The Labute approximate surface area is 179 Å². The summed E-state index contributed by atoms with van der Waals surface area (Å²) in [6.45, 7) is 9.19. The van der Waals surface area contributed by atoms with Crippen LogP contribution < -0.4 is 0 Å². The van der Waals surface area contributed by atoms with Crippen molar-refractivity contribution in [1.29, 1.82) is 0 Å². The van der Waals surface area contributed by atoms with Gasteiger partial charge in [0.25, 0.3) is 0 Å². The van der Waals surface area contributed by atoms with E-state index in [1.54, 1.807) is 0 Å². The normalized spacial score (nSPS) is 16.4. The van der Waals surface area contributed by atoms with E-state index in [4.69, 9.17) is 4.74 Å². The van der Waals surface area contributed by atoms with Gasteiger partial charge in [-0.2, -0.15) is 0 Å². The molecule has 1 aliphatic rings. The first-order valence-electron chi connectivity index (χ1n) is 11.0.